The number of aliphatic hydroxyl groups is 1. The van der Waals surface area contributed by atoms with Crippen LogP contribution in [0.15, 0.2) is 78.4 Å². The van der Waals surface area contributed by atoms with Gasteiger partial charge in [-0.1, -0.05) is 36.5 Å². The number of thiophene rings is 1. The molecule has 1 aromatic carbocycles. The van der Waals surface area contributed by atoms with Crippen LogP contribution in [0, 0.1) is 13.8 Å². The SMILES string of the molecule is COc1ccc(CNC(=S)/C(=C(\O)c2cc(C)n(Cc3cccs3)c2C)[n+]2ccccc2)cc1. The molecule has 7 heteroatoms. The predicted molar refractivity (Wildman–Crippen MR) is 142 cm³/mol. The molecule has 34 heavy (non-hydrogen) atoms. The van der Waals surface area contributed by atoms with Crippen molar-refractivity contribution < 1.29 is 14.4 Å². The number of nitrogens with one attached hydrogen (secondary N) is 1. The summed E-state index contributed by atoms with van der Waals surface area (Å²) in [6, 6.07) is 19.8. The van der Waals surface area contributed by atoms with Gasteiger partial charge in [-0.15, -0.1) is 11.3 Å². The lowest BCUT2D eigenvalue weighted by Crippen LogP contribution is -2.40. The van der Waals surface area contributed by atoms with Crippen LogP contribution in [0.2, 0.25) is 0 Å². The van der Waals surface area contributed by atoms with E-state index < -0.39 is 0 Å². The second kappa shape index (κ2) is 10.7. The van der Waals surface area contributed by atoms with Gasteiger partial charge in [0.2, 0.25) is 5.76 Å². The average Bonchev–Trinajstić information content (AvgIpc) is 3.47. The fourth-order valence-electron chi connectivity index (χ4n) is 3.87. The lowest BCUT2D eigenvalue weighted by atomic mass is 10.1. The summed E-state index contributed by atoms with van der Waals surface area (Å²) in [5.41, 5.74) is 4.46. The van der Waals surface area contributed by atoms with E-state index in [1.807, 2.05) is 72.4 Å². The van der Waals surface area contributed by atoms with Crippen LogP contribution < -0.4 is 14.6 Å². The van der Waals surface area contributed by atoms with Crippen LogP contribution in [0.3, 0.4) is 0 Å². The summed E-state index contributed by atoms with van der Waals surface area (Å²) in [5, 5.41) is 16.9. The summed E-state index contributed by atoms with van der Waals surface area (Å²) >= 11 is 7.51. The molecule has 0 amide bonds. The molecule has 3 aromatic heterocycles. The number of thiocarbonyl (C=S) groups is 1. The Labute approximate surface area is 209 Å². The van der Waals surface area contributed by atoms with Gasteiger partial charge in [-0.05, 0) is 49.1 Å². The summed E-state index contributed by atoms with van der Waals surface area (Å²) in [6.45, 7) is 5.40. The number of nitrogens with zero attached hydrogens (tertiary/aromatic N) is 2. The molecule has 0 atom stereocenters. The van der Waals surface area contributed by atoms with E-state index in [4.69, 9.17) is 17.0 Å². The van der Waals surface area contributed by atoms with Gasteiger partial charge < -0.3 is 19.7 Å². The van der Waals surface area contributed by atoms with Crippen molar-refractivity contribution in [1.82, 2.24) is 9.88 Å². The molecule has 0 saturated heterocycles. The number of hydrogen-bond donors (Lipinski definition) is 2. The maximum Gasteiger partial charge on any atom is 0.288 e. The van der Waals surface area contributed by atoms with Gasteiger partial charge in [-0.25, -0.2) is 0 Å². The van der Waals surface area contributed by atoms with Gasteiger partial charge >= 0.3 is 0 Å². The normalized spacial score (nSPS) is 11.7. The van der Waals surface area contributed by atoms with E-state index in [9.17, 15) is 5.11 Å². The Hall–Kier alpha value is -3.42. The molecule has 0 bridgehead atoms. The second-order valence-electron chi connectivity index (χ2n) is 7.96. The van der Waals surface area contributed by atoms with E-state index in [-0.39, 0.29) is 5.76 Å². The fraction of sp³-hybridized carbons (Fsp3) is 0.185. The molecule has 2 N–H and O–H groups in total. The molecule has 0 fully saturated rings. The highest BCUT2D eigenvalue weighted by Gasteiger charge is 2.26. The van der Waals surface area contributed by atoms with Crippen molar-refractivity contribution in [3.8, 4) is 5.75 Å². The largest absolute Gasteiger partial charge is 0.502 e. The highest BCUT2D eigenvalue weighted by Crippen LogP contribution is 2.26. The molecule has 4 rings (SSSR count). The van der Waals surface area contributed by atoms with Crippen LogP contribution in [-0.4, -0.2) is 21.8 Å². The number of aryl methyl sites for hydroxylation is 1. The van der Waals surface area contributed by atoms with Crippen LogP contribution in [-0.2, 0) is 13.1 Å². The first-order valence-electron chi connectivity index (χ1n) is 11.0. The van der Waals surface area contributed by atoms with Crippen molar-refractivity contribution in [2.24, 2.45) is 0 Å². The molecule has 0 radical (unpaired) electrons. The van der Waals surface area contributed by atoms with E-state index in [1.54, 1.807) is 18.4 Å². The van der Waals surface area contributed by atoms with Crippen LogP contribution >= 0.6 is 23.6 Å². The summed E-state index contributed by atoms with van der Waals surface area (Å²) < 4.78 is 9.31. The van der Waals surface area contributed by atoms with Gasteiger partial charge in [0.05, 0.1) is 13.7 Å². The molecular formula is C27H28N3O2S2+. The first kappa shape index (κ1) is 23.7. The molecule has 0 aliphatic rings. The third kappa shape index (κ3) is 5.21. The van der Waals surface area contributed by atoms with Crippen molar-refractivity contribution >= 4 is 40.0 Å². The number of rotatable bonds is 8. The Morgan fingerprint density at radius 2 is 1.82 bits per heavy atom. The van der Waals surface area contributed by atoms with Crippen molar-refractivity contribution in [1.29, 1.82) is 0 Å². The summed E-state index contributed by atoms with van der Waals surface area (Å²) in [4.78, 5) is 1.73. The third-order valence-electron chi connectivity index (χ3n) is 5.75. The topological polar surface area (TPSA) is 50.3 Å². The minimum atomic E-state index is 0.147. The fourth-order valence-corrected chi connectivity index (χ4v) is 4.84. The highest BCUT2D eigenvalue weighted by atomic mass is 32.1. The molecule has 0 unspecified atom stereocenters. The second-order valence-corrected chi connectivity index (χ2v) is 9.40. The van der Waals surface area contributed by atoms with Gasteiger partial charge in [0.1, 0.15) is 5.75 Å². The third-order valence-corrected chi connectivity index (χ3v) is 6.95. The number of hydrogen-bond acceptors (Lipinski definition) is 4. The quantitative estimate of drug-likeness (QED) is 0.148. The zero-order chi connectivity index (χ0) is 24.1. The van der Waals surface area contributed by atoms with Crippen LogP contribution in [0.1, 0.15) is 27.4 Å². The Balaban J connectivity index is 1.67. The number of aliphatic hydroxyl groups excluding tert-OH is 1. The van der Waals surface area contributed by atoms with E-state index in [0.717, 1.165) is 34.8 Å². The monoisotopic (exact) mass is 490 g/mol. The molecule has 4 aromatic rings. The van der Waals surface area contributed by atoms with Gasteiger partial charge in [0.15, 0.2) is 17.4 Å². The molecule has 5 nitrogen and oxygen atoms in total. The molecule has 3 heterocycles. The first-order valence-corrected chi connectivity index (χ1v) is 12.3. The number of ether oxygens (including phenoxy) is 1. The van der Waals surface area contributed by atoms with Crippen LogP contribution in [0.25, 0.3) is 11.5 Å². The Kier molecular flexibility index (Phi) is 7.45. The first-order chi connectivity index (χ1) is 16.5. The smallest absolute Gasteiger partial charge is 0.288 e. The Morgan fingerprint density at radius 3 is 2.47 bits per heavy atom. The number of aromatic nitrogens is 2. The van der Waals surface area contributed by atoms with Crippen molar-refractivity contribution in [2.75, 3.05) is 7.11 Å². The maximum atomic E-state index is 11.5. The number of pyridine rings is 1. The van der Waals surface area contributed by atoms with Gasteiger partial charge in [0.25, 0.3) is 5.70 Å². The minimum absolute atomic E-state index is 0.147. The van der Waals surface area contributed by atoms with E-state index in [1.165, 1.54) is 4.88 Å². The summed E-state index contributed by atoms with van der Waals surface area (Å²) in [5.74, 6) is 0.955. The zero-order valence-corrected chi connectivity index (χ0v) is 21.1. The highest BCUT2D eigenvalue weighted by molar-refractivity contribution is 7.81. The lowest BCUT2D eigenvalue weighted by Gasteiger charge is -2.11. The number of benzene rings is 1. The van der Waals surface area contributed by atoms with Crippen molar-refractivity contribution in [3.05, 3.63) is 106 Å². The Morgan fingerprint density at radius 1 is 1.09 bits per heavy atom. The van der Waals surface area contributed by atoms with Crippen LogP contribution in [0.4, 0.5) is 0 Å². The van der Waals surface area contributed by atoms with Gasteiger partial charge in [-0.3, -0.25) is 0 Å². The molecule has 0 aliphatic carbocycles. The van der Waals surface area contributed by atoms with E-state index in [2.05, 4.69) is 34.3 Å². The summed E-state index contributed by atoms with van der Waals surface area (Å²) in [6.07, 6.45) is 3.77. The molecule has 0 aliphatic heterocycles. The van der Waals surface area contributed by atoms with Gasteiger partial charge in [-0.2, -0.15) is 4.57 Å². The molecule has 0 saturated carbocycles. The van der Waals surface area contributed by atoms with Crippen molar-refractivity contribution in [3.63, 3.8) is 0 Å². The van der Waals surface area contributed by atoms with E-state index in [0.29, 0.717) is 17.2 Å². The number of methoxy groups -OCH3 is 1. The lowest BCUT2D eigenvalue weighted by molar-refractivity contribution is -0.576. The van der Waals surface area contributed by atoms with Crippen molar-refractivity contribution in [2.45, 2.75) is 26.9 Å². The Bertz CT molecular complexity index is 1290. The summed E-state index contributed by atoms with van der Waals surface area (Å²) in [7, 11) is 1.65. The van der Waals surface area contributed by atoms with Crippen LogP contribution in [0.5, 0.6) is 5.75 Å². The average molecular weight is 491 g/mol. The van der Waals surface area contributed by atoms with Gasteiger partial charge in [0, 0.05) is 40.5 Å². The predicted octanol–water partition coefficient (Wildman–Crippen LogP) is 5.51. The zero-order valence-electron chi connectivity index (χ0n) is 19.5. The minimum Gasteiger partial charge on any atom is -0.502 e. The molecule has 174 valence electrons. The standard InChI is InChI=1S/C27H27N3O2S2/c1-19-16-24(20(2)30(19)18-23-8-7-15-34-23)26(31)25(29-13-5-4-6-14-29)27(33)28-17-21-9-11-22(32-3)12-10-21/h4-16H,17-18H2,1-3H3,(H-,28,31,33)/p+1. The maximum absolute atomic E-state index is 11.5. The van der Waals surface area contributed by atoms with E-state index >= 15 is 0 Å². The molecular weight excluding hydrogens is 462 g/mol. The molecule has 0 spiro atoms.